The summed E-state index contributed by atoms with van der Waals surface area (Å²) in [4.78, 5) is 23.2. The third kappa shape index (κ3) is 6.97. The molecule has 6 nitrogen and oxygen atoms in total. The van der Waals surface area contributed by atoms with Crippen LogP contribution in [0.25, 0.3) is 0 Å². The summed E-state index contributed by atoms with van der Waals surface area (Å²) in [5.74, 6) is -0.501. The fraction of sp³-hybridized carbons (Fsp3) is 0.300. The number of rotatable bonds is 6. The molecule has 0 fully saturated rings. The first-order chi connectivity index (χ1) is 12.6. The Bertz CT molecular complexity index is 782. The summed E-state index contributed by atoms with van der Waals surface area (Å²) in [6.45, 7) is 5.09. The molecule has 27 heavy (non-hydrogen) atoms. The molecule has 2 aromatic rings. The SMILES string of the molecule is CC(C)(C)OC(=O)NC(Cc1ccc(Oc2ccc(F)cc2)cc1)C(=O)O. The minimum absolute atomic E-state index is 0.0887. The van der Waals surface area contributed by atoms with Crippen LogP contribution < -0.4 is 10.1 Å². The zero-order valence-corrected chi connectivity index (χ0v) is 15.4. The van der Waals surface area contributed by atoms with Crippen LogP contribution in [-0.2, 0) is 16.0 Å². The first kappa shape index (κ1) is 20.2. The lowest BCUT2D eigenvalue weighted by atomic mass is 10.1. The summed E-state index contributed by atoms with van der Waals surface area (Å²) in [6.07, 6.45) is -0.697. The number of hydrogen-bond donors (Lipinski definition) is 2. The van der Waals surface area contributed by atoms with Gasteiger partial charge in [0.15, 0.2) is 0 Å². The second-order valence-electron chi connectivity index (χ2n) is 6.94. The number of nitrogens with one attached hydrogen (secondary N) is 1. The van der Waals surface area contributed by atoms with E-state index in [1.54, 1.807) is 45.0 Å². The summed E-state index contributed by atoms with van der Waals surface area (Å²) >= 11 is 0. The first-order valence-corrected chi connectivity index (χ1v) is 8.37. The van der Waals surface area contributed by atoms with Crippen LogP contribution in [0.3, 0.4) is 0 Å². The van der Waals surface area contributed by atoms with Gasteiger partial charge in [0.2, 0.25) is 0 Å². The van der Waals surface area contributed by atoms with Crippen molar-refractivity contribution in [3.63, 3.8) is 0 Å². The molecule has 2 rings (SSSR count). The standard InChI is InChI=1S/C20H22FNO5/c1-20(2,3)27-19(25)22-17(18(23)24)12-13-4-8-15(9-5-13)26-16-10-6-14(21)7-11-16/h4-11,17H,12H2,1-3H3,(H,22,25)(H,23,24). The van der Waals surface area contributed by atoms with Crippen molar-refractivity contribution >= 4 is 12.1 Å². The maximum Gasteiger partial charge on any atom is 0.408 e. The van der Waals surface area contributed by atoms with E-state index in [0.29, 0.717) is 17.1 Å². The van der Waals surface area contributed by atoms with Gasteiger partial charge in [-0.25, -0.2) is 14.0 Å². The van der Waals surface area contributed by atoms with Gasteiger partial charge in [0.1, 0.15) is 29.0 Å². The van der Waals surface area contributed by atoms with E-state index in [-0.39, 0.29) is 12.2 Å². The van der Waals surface area contributed by atoms with Gasteiger partial charge in [-0.1, -0.05) is 12.1 Å². The van der Waals surface area contributed by atoms with Gasteiger partial charge in [0.25, 0.3) is 0 Å². The normalized spacial score (nSPS) is 12.1. The lowest BCUT2D eigenvalue weighted by Crippen LogP contribution is -2.44. The summed E-state index contributed by atoms with van der Waals surface area (Å²) in [6, 6.07) is 11.2. The van der Waals surface area contributed by atoms with E-state index in [0.717, 1.165) is 0 Å². The number of hydrogen-bond acceptors (Lipinski definition) is 4. The molecule has 1 atom stereocenters. The number of amides is 1. The summed E-state index contributed by atoms with van der Waals surface area (Å²) < 4.78 is 23.6. The Labute approximate surface area is 156 Å². The van der Waals surface area contributed by atoms with Gasteiger partial charge in [0.05, 0.1) is 0 Å². The van der Waals surface area contributed by atoms with Gasteiger partial charge in [-0.15, -0.1) is 0 Å². The zero-order valence-electron chi connectivity index (χ0n) is 15.4. The minimum Gasteiger partial charge on any atom is -0.480 e. The van der Waals surface area contributed by atoms with Crippen molar-refractivity contribution < 1.29 is 28.6 Å². The summed E-state index contributed by atoms with van der Waals surface area (Å²) in [5, 5.41) is 11.7. The van der Waals surface area contributed by atoms with E-state index < -0.39 is 23.7 Å². The fourth-order valence-corrected chi connectivity index (χ4v) is 2.22. The molecule has 0 spiro atoms. The molecule has 0 radical (unpaired) electrons. The molecule has 0 saturated carbocycles. The molecule has 2 N–H and O–H groups in total. The van der Waals surface area contributed by atoms with Crippen molar-refractivity contribution in [2.24, 2.45) is 0 Å². The Hall–Kier alpha value is -3.09. The maximum atomic E-state index is 12.9. The van der Waals surface area contributed by atoms with Crippen LogP contribution in [0.1, 0.15) is 26.3 Å². The number of ether oxygens (including phenoxy) is 2. The number of benzene rings is 2. The van der Waals surface area contributed by atoms with E-state index in [2.05, 4.69) is 5.32 Å². The van der Waals surface area contributed by atoms with E-state index >= 15 is 0 Å². The molecule has 0 aliphatic carbocycles. The quantitative estimate of drug-likeness (QED) is 0.793. The molecule has 1 amide bonds. The number of carbonyl (C=O) groups excluding carboxylic acids is 1. The van der Waals surface area contributed by atoms with Crippen molar-refractivity contribution in [3.05, 3.63) is 59.9 Å². The minimum atomic E-state index is -1.16. The van der Waals surface area contributed by atoms with Gasteiger partial charge in [0, 0.05) is 6.42 Å². The smallest absolute Gasteiger partial charge is 0.408 e. The molecule has 0 aromatic heterocycles. The van der Waals surface area contributed by atoms with Crippen molar-refractivity contribution in [2.75, 3.05) is 0 Å². The van der Waals surface area contributed by atoms with E-state index in [1.807, 2.05) is 0 Å². The van der Waals surface area contributed by atoms with Crippen LogP contribution in [0.5, 0.6) is 11.5 Å². The number of carbonyl (C=O) groups is 2. The highest BCUT2D eigenvalue weighted by atomic mass is 19.1. The molecule has 144 valence electrons. The Kier molecular flexibility index (Phi) is 6.39. The summed E-state index contributed by atoms with van der Waals surface area (Å²) in [5.41, 5.74) is -0.0168. The van der Waals surface area contributed by atoms with Gasteiger partial charge < -0.3 is 19.9 Å². The fourth-order valence-electron chi connectivity index (χ4n) is 2.22. The second-order valence-corrected chi connectivity index (χ2v) is 6.94. The van der Waals surface area contributed by atoms with Crippen molar-refractivity contribution in [1.82, 2.24) is 5.32 Å². The zero-order chi connectivity index (χ0) is 20.0. The second kappa shape index (κ2) is 8.53. The van der Waals surface area contributed by atoms with Gasteiger partial charge in [-0.05, 0) is 62.7 Å². The molecular weight excluding hydrogens is 353 g/mol. The number of halogens is 1. The molecule has 0 bridgehead atoms. The molecule has 2 aromatic carbocycles. The van der Waals surface area contributed by atoms with E-state index in [9.17, 15) is 19.1 Å². The Balaban J connectivity index is 1.98. The Morgan fingerprint density at radius 1 is 1.04 bits per heavy atom. The van der Waals surface area contributed by atoms with Crippen LogP contribution in [0, 0.1) is 5.82 Å². The van der Waals surface area contributed by atoms with Crippen LogP contribution in [0.4, 0.5) is 9.18 Å². The van der Waals surface area contributed by atoms with Crippen LogP contribution in [0.2, 0.25) is 0 Å². The lowest BCUT2D eigenvalue weighted by molar-refractivity contribution is -0.139. The van der Waals surface area contributed by atoms with Crippen LogP contribution in [0.15, 0.2) is 48.5 Å². The number of alkyl carbamates (subject to hydrolysis) is 1. The van der Waals surface area contributed by atoms with E-state index in [4.69, 9.17) is 9.47 Å². The average Bonchev–Trinajstić information content (AvgIpc) is 2.56. The Morgan fingerprint density at radius 3 is 2.04 bits per heavy atom. The number of aliphatic carboxylic acids is 1. The molecule has 1 unspecified atom stereocenters. The highest BCUT2D eigenvalue weighted by Gasteiger charge is 2.24. The van der Waals surface area contributed by atoms with Gasteiger partial charge >= 0.3 is 12.1 Å². The largest absolute Gasteiger partial charge is 0.480 e. The van der Waals surface area contributed by atoms with Crippen LogP contribution in [-0.4, -0.2) is 28.8 Å². The van der Waals surface area contributed by atoms with Crippen LogP contribution >= 0.6 is 0 Å². The maximum absolute atomic E-state index is 12.9. The third-order valence-electron chi connectivity index (χ3n) is 3.40. The summed E-state index contributed by atoms with van der Waals surface area (Å²) in [7, 11) is 0. The molecule has 0 aliphatic heterocycles. The molecule has 7 heteroatoms. The highest BCUT2D eigenvalue weighted by Crippen LogP contribution is 2.22. The predicted octanol–water partition coefficient (Wildman–Crippen LogP) is 4.14. The molecule has 0 heterocycles. The van der Waals surface area contributed by atoms with Crippen molar-refractivity contribution in [3.8, 4) is 11.5 Å². The lowest BCUT2D eigenvalue weighted by Gasteiger charge is -2.22. The predicted molar refractivity (Wildman–Crippen MR) is 97.4 cm³/mol. The van der Waals surface area contributed by atoms with Gasteiger partial charge in [-0.3, -0.25) is 0 Å². The molecule has 0 saturated heterocycles. The monoisotopic (exact) mass is 375 g/mol. The van der Waals surface area contributed by atoms with Gasteiger partial charge in [-0.2, -0.15) is 0 Å². The number of carboxylic acids is 1. The first-order valence-electron chi connectivity index (χ1n) is 8.37. The molecular formula is C20H22FNO5. The third-order valence-corrected chi connectivity index (χ3v) is 3.40. The highest BCUT2D eigenvalue weighted by molar-refractivity contribution is 5.80. The van der Waals surface area contributed by atoms with E-state index in [1.165, 1.54) is 24.3 Å². The Morgan fingerprint density at radius 2 is 1.56 bits per heavy atom. The number of carboxylic acid groups (broad SMARTS) is 1. The average molecular weight is 375 g/mol. The topological polar surface area (TPSA) is 84.9 Å². The molecule has 0 aliphatic rings. The van der Waals surface area contributed by atoms with Crippen molar-refractivity contribution in [2.45, 2.75) is 38.8 Å². The van der Waals surface area contributed by atoms with Crippen molar-refractivity contribution in [1.29, 1.82) is 0 Å².